The Labute approximate surface area is 93.8 Å². The molecule has 1 aliphatic heterocycles. The number of H-pyrrole nitrogens is 1. The van der Waals surface area contributed by atoms with Crippen molar-refractivity contribution < 1.29 is 9.53 Å². The normalized spacial score (nSPS) is 16.2. The quantitative estimate of drug-likeness (QED) is 0.771. The smallest absolute Gasteiger partial charge is 0.295 e. The number of carbonyl (C=O) groups is 1. The number of rotatable bonds is 2. The molecule has 0 atom stereocenters. The number of nitrogen functional groups attached to an aromatic ring is 1. The number of ether oxygens (including phenoxy) is 1. The lowest BCUT2D eigenvalue weighted by atomic mass is 10.1. The molecule has 6 nitrogen and oxygen atoms in total. The molecule has 0 radical (unpaired) electrons. The van der Waals surface area contributed by atoms with E-state index in [1.54, 1.807) is 4.90 Å². The average molecular weight is 224 g/mol. The van der Waals surface area contributed by atoms with Crippen LogP contribution in [0.25, 0.3) is 0 Å². The molecule has 0 unspecified atom stereocenters. The molecule has 2 heterocycles. The Kier molecular flexibility index (Phi) is 2.98. The van der Waals surface area contributed by atoms with Crippen LogP contribution >= 0.6 is 0 Å². The zero-order chi connectivity index (χ0) is 11.5. The number of anilines is 1. The van der Waals surface area contributed by atoms with E-state index in [1.807, 2.05) is 0 Å². The maximum Gasteiger partial charge on any atom is 0.295 e. The van der Waals surface area contributed by atoms with Crippen LogP contribution in [0.15, 0.2) is 0 Å². The predicted molar refractivity (Wildman–Crippen MR) is 59.3 cm³/mol. The Morgan fingerprint density at radius 1 is 1.44 bits per heavy atom. The van der Waals surface area contributed by atoms with E-state index in [9.17, 15) is 4.79 Å². The molecule has 16 heavy (non-hydrogen) atoms. The maximum absolute atomic E-state index is 12.1. The number of nitrogens with two attached hydrogens (primary N) is 1. The van der Waals surface area contributed by atoms with E-state index in [4.69, 9.17) is 10.5 Å². The Hall–Kier alpha value is -1.72. The lowest BCUT2D eigenvalue weighted by molar-refractivity contribution is 0.0719. The average Bonchev–Trinajstić information content (AvgIpc) is 2.71. The number of nitrogens with zero attached hydrogens (tertiary/aromatic N) is 2. The summed E-state index contributed by atoms with van der Waals surface area (Å²) in [5.74, 6) is 0.112. The summed E-state index contributed by atoms with van der Waals surface area (Å²) >= 11 is 0. The maximum atomic E-state index is 12.1. The summed E-state index contributed by atoms with van der Waals surface area (Å²) in [5, 5.41) is 0. The number of aromatic amines is 1. The molecule has 3 N–H and O–H groups in total. The molecule has 2 rings (SSSR count). The molecule has 0 spiro atoms. The van der Waals surface area contributed by atoms with Crippen molar-refractivity contribution in [2.45, 2.75) is 19.3 Å². The van der Waals surface area contributed by atoms with Gasteiger partial charge in [-0.25, -0.2) is 0 Å². The Balaban J connectivity index is 2.15. The van der Waals surface area contributed by atoms with Crippen molar-refractivity contribution in [1.29, 1.82) is 0 Å². The van der Waals surface area contributed by atoms with Gasteiger partial charge in [0.1, 0.15) is 0 Å². The number of hydrogen-bond donors (Lipinski definition) is 2. The molecule has 6 heteroatoms. The van der Waals surface area contributed by atoms with E-state index >= 15 is 0 Å². The number of hydrogen-bond acceptors (Lipinski definition) is 4. The van der Waals surface area contributed by atoms with Crippen LogP contribution in [0.1, 0.15) is 29.8 Å². The van der Waals surface area contributed by atoms with Crippen molar-refractivity contribution in [2.24, 2.45) is 0 Å². The van der Waals surface area contributed by atoms with E-state index in [2.05, 4.69) is 9.97 Å². The SMILES string of the molecule is COc1nc(N)c(C(=O)N2CCCCC2)[nH]1. The van der Waals surface area contributed by atoms with Gasteiger partial charge in [-0.15, -0.1) is 0 Å². The molecule has 1 aliphatic rings. The van der Waals surface area contributed by atoms with Crippen molar-refractivity contribution in [2.75, 3.05) is 25.9 Å². The topological polar surface area (TPSA) is 84.2 Å². The molecule has 0 saturated carbocycles. The van der Waals surface area contributed by atoms with E-state index in [0.29, 0.717) is 5.69 Å². The van der Waals surface area contributed by atoms with Gasteiger partial charge in [0, 0.05) is 13.1 Å². The number of aromatic nitrogens is 2. The third-order valence-corrected chi connectivity index (χ3v) is 2.76. The first kappa shape index (κ1) is 10.8. The van der Waals surface area contributed by atoms with Gasteiger partial charge < -0.3 is 20.4 Å². The van der Waals surface area contributed by atoms with Crippen molar-refractivity contribution in [3.8, 4) is 6.01 Å². The van der Waals surface area contributed by atoms with Crippen LogP contribution in [-0.4, -0.2) is 41.0 Å². The fourth-order valence-electron chi connectivity index (χ4n) is 1.88. The van der Waals surface area contributed by atoms with Crippen LogP contribution in [0.4, 0.5) is 5.82 Å². The number of imidazole rings is 1. The molecular formula is C10H16N4O2. The van der Waals surface area contributed by atoms with E-state index < -0.39 is 0 Å². The minimum Gasteiger partial charge on any atom is -0.468 e. The van der Waals surface area contributed by atoms with Crippen LogP contribution in [0, 0.1) is 0 Å². The molecule has 1 saturated heterocycles. The molecule has 1 fully saturated rings. The summed E-state index contributed by atoms with van der Waals surface area (Å²) in [4.78, 5) is 20.5. The lowest BCUT2D eigenvalue weighted by Gasteiger charge is -2.26. The second-order valence-electron chi connectivity index (χ2n) is 3.86. The van der Waals surface area contributed by atoms with Crippen molar-refractivity contribution >= 4 is 11.7 Å². The zero-order valence-electron chi connectivity index (χ0n) is 9.32. The van der Waals surface area contributed by atoms with Crippen molar-refractivity contribution in [3.63, 3.8) is 0 Å². The number of methoxy groups -OCH3 is 1. The minimum absolute atomic E-state index is 0.0898. The molecule has 1 aromatic heterocycles. The summed E-state index contributed by atoms with van der Waals surface area (Å²) < 4.78 is 4.90. The van der Waals surface area contributed by atoms with Gasteiger partial charge >= 0.3 is 0 Å². The summed E-state index contributed by atoms with van der Waals surface area (Å²) in [5.41, 5.74) is 5.99. The fourth-order valence-corrected chi connectivity index (χ4v) is 1.88. The summed E-state index contributed by atoms with van der Waals surface area (Å²) in [6.45, 7) is 1.58. The highest BCUT2D eigenvalue weighted by molar-refractivity contribution is 5.96. The third kappa shape index (κ3) is 1.95. The highest BCUT2D eigenvalue weighted by atomic mass is 16.5. The first-order valence-electron chi connectivity index (χ1n) is 5.41. The second-order valence-corrected chi connectivity index (χ2v) is 3.86. The minimum atomic E-state index is -0.0898. The number of nitrogens with one attached hydrogen (secondary N) is 1. The number of carbonyl (C=O) groups excluding carboxylic acids is 1. The monoisotopic (exact) mass is 224 g/mol. The van der Waals surface area contributed by atoms with Crippen molar-refractivity contribution in [3.05, 3.63) is 5.69 Å². The zero-order valence-corrected chi connectivity index (χ0v) is 9.32. The standard InChI is InChI=1S/C10H16N4O2/c1-16-10-12-7(8(11)13-10)9(15)14-5-3-2-4-6-14/h2-6,11H2,1H3,(H,12,13). The van der Waals surface area contributed by atoms with E-state index in [1.165, 1.54) is 13.5 Å². The molecular weight excluding hydrogens is 208 g/mol. The first-order chi connectivity index (χ1) is 7.72. The van der Waals surface area contributed by atoms with Gasteiger partial charge in [0.05, 0.1) is 7.11 Å². The molecule has 0 aliphatic carbocycles. The molecule has 88 valence electrons. The lowest BCUT2D eigenvalue weighted by Crippen LogP contribution is -2.36. The first-order valence-corrected chi connectivity index (χ1v) is 5.41. The van der Waals surface area contributed by atoms with Crippen LogP contribution in [0.2, 0.25) is 0 Å². The predicted octanol–water partition coefficient (Wildman–Crippen LogP) is 0.627. The largest absolute Gasteiger partial charge is 0.468 e. The summed E-state index contributed by atoms with van der Waals surface area (Å²) in [6, 6.07) is 0.276. The highest BCUT2D eigenvalue weighted by Gasteiger charge is 2.23. The van der Waals surface area contributed by atoms with Crippen molar-refractivity contribution in [1.82, 2.24) is 14.9 Å². The van der Waals surface area contributed by atoms with E-state index in [0.717, 1.165) is 25.9 Å². The molecule has 1 amide bonds. The Morgan fingerprint density at radius 2 is 2.12 bits per heavy atom. The molecule has 0 bridgehead atoms. The Morgan fingerprint density at radius 3 is 2.69 bits per heavy atom. The van der Waals surface area contributed by atoms with Crippen LogP contribution in [-0.2, 0) is 0 Å². The molecule has 1 aromatic rings. The summed E-state index contributed by atoms with van der Waals surface area (Å²) in [7, 11) is 1.48. The van der Waals surface area contributed by atoms with Gasteiger partial charge in [-0.3, -0.25) is 4.79 Å². The van der Waals surface area contributed by atoms with Crippen LogP contribution in [0.3, 0.4) is 0 Å². The summed E-state index contributed by atoms with van der Waals surface area (Å²) in [6.07, 6.45) is 3.29. The van der Waals surface area contributed by atoms with Gasteiger partial charge in [-0.2, -0.15) is 4.98 Å². The van der Waals surface area contributed by atoms with Gasteiger partial charge in [0.15, 0.2) is 11.5 Å². The second kappa shape index (κ2) is 4.42. The van der Waals surface area contributed by atoms with Gasteiger partial charge in [-0.05, 0) is 19.3 Å². The van der Waals surface area contributed by atoms with Gasteiger partial charge in [0.2, 0.25) is 0 Å². The third-order valence-electron chi connectivity index (χ3n) is 2.76. The van der Waals surface area contributed by atoms with Gasteiger partial charge in [-0.1, -0.05) is 0 Å². The molecule has 0 aromatic carbocycles. The van der Waals surface area contributed by atoms with E-state index in [-0.39, 0.29) is 17.7 Å². The number of likely N-dealkylation sites (tertiary alicyclic amines) is 1. The number of amides is 1. The van der Waals surface area contributed by atoms with Gasteiger partial charge in [0.25, 0.3) is 11.9 Å². The van der Waals surface area contributed by atoms with Crippen LogP contribution in [0.5, 0.6) is 6.01 Å². The van der Waals surface area contributed by atoms with Crippen LogP contribution < -0.4 is 10.5 Å². The highest BCUT2D eigenvalue weighted by Crippen LogP contribution is 2.18. The Bertz CT molecular complexity index is 382. The number of piperidine rings is 1. The fraction of sp³-hybridized carbons (Fsp3) is 0.600.